The van der Waals surface area contributed by atoms with Gasteiger partial charge in [0.1, 0.15) is 5.60 Å². The lowest BCUT2D eigenvalue weighted by atomic mass is 9.86. The van der Waals surface area contributed by atoms with Crippen molar-refractivity contribution in [2.45, 2.75) is 71.6 Å². The Morgan fingerprint density at radius 1 is 1.05 bits per heavy atom. The van der Waals surface area contributed by atoms with E-state index in [0.29, 0.717) is 23.2 Å². The van der Waals surface area contributed by atoms with Gasteiger partial charge in [0.05, 0.1) is 22.4 Å². The van der Waals surface area contributed by atoms with Crippen molar-refractivity contribution in [3.05, 3.63) is 52.0 Å². The number of carbonyl (C=O) groups is 3. The summed E-state index contributed by atoms with van der Waals surface area (Å²) in [4.78, 5) is 44.5. The van der Waals surface area contributed by atoms with Gasteiger partial charge < -0.3 is 20.3 Å². The van der Waals surface area contributed by atoms with E-state index in [0.717, 1.165) is 16.9 Å². The average molecular weight is 572 g/mol. The molecule has 8 nitrogen and oxygen atoms in total. The van der Waals surface area contributed by atoms with Crippen molar-refractivity contribution in [1.29, 1.82) is 0 Å². The molecule has 0 bridgehead atoms. The van der Waals surface area contributed by atoms with E-state index in [-0.39, 0.29) is 29.6 Å². The van der Waals surface area contributed by atoms with Gasteiger partial charge in [0.25, 0.3) is 5.91 Å². The molecule has 2 atom stereocenters. The molecule has 0 radical (unpaired) electrons. The molecular weight excluding hydrogens is 536 g/mol. The van der Waals surface area contributed by atoms with Gasteiger partial charge in [-0.3, -0.25) is 14.5 Å². The fourth-order valence-corrected chi connectivity index (χ4v) is 5.71. The third-order valence-electron chi connectivity index (χ3n) is 7.06. The van der Waals surface area contributed by atoms with E-state index in [1.165, 1.54) is 0 Å². The second-order valence-electron chi connectivity index (χ2n) is 11.4. The first-order valence-electron chi connectivity index (χ1n) is 12.5. The molecule has 198 valence electrons. The van der Waals surface area contributed by atoms with Crippen LogP contribution in [-0.4, -0.2) is 53.6 Å². The van der Waals surface area contributed by atoms with E-state index in [4.69, 9.17) is 10.5 Å². The molecule has 2 heterocycles. The third-order valence-corrected chi connectivity index (χ3v) is 7.72. The second kappa shape index (κ2) is 9.35. The second-order valence-corrected chi connectivity index (χ2v) is 12.3. The van der Waals surface area contributed by atoms with Crippen LogP contribution in [0.4, 0.5) is 21.9 Å². The molecule has 2 aliphatic rings. The fourth-order valence-electron chi connectivity index (χ4n) is 5.16. The molecule has 0 aliphatic carbocycles. The van der Waals surface area contributed by atoms with Crippen LogP contribution < -0.4 is 15.5 Å². The highest BCUT2D eigenvalue weighted by Gasteiger charge is 2.46. The Morgan fingerprint density at radius 3 is 2.35 bits per heavy atom. The number of anilines is 3. The number of amides is 3. The van der Waals surface area contributed by atoms with Crippen LogP contribution in [0, 0.1) is 0 Å². The number of fused-ring (bicyclic) bond motifs is 1. The fraction of sp³-hybridized carbons (Fsp3) is 0.464. The summed E-state index contributed by atoms with van der Waals surface area (Å²) in [5.74, 6) is -0.741. The van der Waals surface area contributed by atoms with Crippen molar-refractivity contribution in [1.82, 2.24) is 4.90 Å². The zero-order valence-corrected chi connectivity index (χ0v) is 24.0. The Balaban J connectivity index is 1.72. The summed E-state index contributed by atoms with van der Waals surface area (Å²) in [5.41, 5.74) is 7.63. The molecule has 4 rings (SSSR count). The van der Waals surface area contributed by atoms with Crippen LogP contribution in [0.5, 0.6) is 0 Å². The minimum Gasteiger partial charge on any atom is -0.444 e. The zero-order valence-electron chi connectivity index (χ0n) is 22.5. The predicted octanol–water partition coefficient (Wildman–Crippen LogP) is 5.34. The van der Waals surface area contributed by atoms with E-state index in [2.05, 4.69) is 27.8 Å². The Hall–Kier alpha value is -3.07. The van der Waals surface area contributed by atoms with Gasteiger partial charge >= 0.3 is 6.09 Å². The SMILES string of the molecule is C[C@@H]1CN(c2ccc3c(c2)N(c2cccc(Br)c2C(N)=O)C(=O)C3(C)C)[C@H](C)CN1C(=O)OC(C)(C)C. The first kappa shape index (κ1) is 27.0. The van der Waals surface area contributed by atoms with Crippen LogP contribution in [0.15, 0.2) is 40.9 Å². The summed E-state index contributed by atoms with van der Waals surface area (Å²) >= 11 is 3.42. The molecule has 0 unspecified atom stereocenters. The molecule has 2 aliphatic heterocycles. The lowest BCUT2D eigenvalue weighted by Crippen LogP contribution is -2.59. The number of carbonyl (C=O) groups excluding carboxylic acids is 3. The van der Waals surface area contributed by atoms with Gasteiger partial charge in [-0.15, -0.1) is 0 Å². The van der Waals surface area contributed by atoms with Crippen LogP contribution >= 0.6 is 15.9 Å². The van der Waals surface area contributed by atoms with Gasteiger partial charge in [0.2, 0.25) is 5.91 Å². The van der Waals surface area contributed by atoms with Crippen LogP contribution in [0.2, 0.25) is 0 Å². The molecule has 1 saturated heterocycles. The molecule has 9 heteroatoms. The summed E-state index contributed by atoms with van der Waals surface area (Å²) in [7, 11) is 0. The van der Waals surface area contributed by atoms with Gasteiger partial charge in [-0.25, -0.2) is 4.79 Å². The number of hydrogen-bond acceptors (Lipinski definition) is 5. The smallest absolute Gasteiger partial charge is 0.410 e. The van der Waals surface area contributed by atoms with E-state index in [1.807, 2.05) is 59.7 Å². The maximum absolute atomic E-state index is 13.7. The summed E-state index contributed by atoms with van der Waals surface area (Å²) in [6.45, 7) is 14.6. The van der Waals surface area contributed by atoms with E-state index < -0.39 is 16.9 Å². The van der Waals surface area contributed by atoms with Crippen LogP contribution in [0.1, 0.15) is 64.4 Å². The third kappa shape index (κ3) is 4.81. The molecule has 1 fully saturated rings. The lowest BCUT2D eigenvalue weighted by molar-refractivity contribution is -0.121. The standard InChI is InChI=1S/C28H35BrN4O4/c1-16-15-32(26(36)37-27(3,4)5)17(2)14-31(16)18-11-12-19-22(13-18)33(25(35)28(19,6)7)21-10-8-9-20(29)23(21)24(30)34/h8-13,16-17H,14-15H2,1-7H3,(H2,30,34)/t16-,17-/m1/s1. The van der Waals surface area contributed by atoms with E-state index >= 15 is 0 Å². The highest BCUT2D eigenvalue weighted by molar-refractivity contribution is 9.10. The van der Waals surface area contributed by atoms with Crippen LogP contribution in [0.25, 0.3) is 0 Å². The number of nitrogens with two attached hydrogens (primary N) is 1. The number of hydrogen-bond donors (Lipinski definition) is 1. The molecule has 0 saturated carbocycles. The van der Waals surface area contributed by atoms with Gasteiger partial charge in [0.15, 0.2) is 0 Å². The highest BCUT2D eigenvalue weighted by atomic mass is 79.9. The van der Waals surface area contributed by atoms with E-state index in [9.17, 15) is 14.4 Å². The number of piperazine rings is 1. The molecule has 37 heavy (non-hydrogen) atoms. The quantitative estimate of drug-likeness (QED) is 0.537. The lowest BCUT2D eigenvalue weighted by Gasteiger charge is -2.45. The number of primary amides is 1. The molecule has 2 aromatic carbocycles. The summed E-state index contributed by atoms with van der Waals surface area (Å²) in [6.07, 6.45) is -0.312. The van der Waals surface area contributed by atoms with Crippen molar-refractivity contribution in [3.8, 4) is 0 Å². The van der Waals surface area contributed by atoms with E-state index in [1.54, 1.807) is 28.0 Å². The molecular formula is C28H35BrN4O4. The van der Waals surface area contributed by atoms with Crippen LogP contribution in [-0.2, 0) is 14.9 Å². The van der Waals surface area contributed by atoms with Crippen molar-refractivity contribution in [2.75, 3.05) is 22.9 Å². The topological polar surface area (TPSA) is 96.2 Å². The van der Waals surface area contributed by atoms with Gasteiger partial charge in [-0.2, -0.15) is 0 Å². The Morgan fingerprint density at radius 2 is 1.73 bits per heavy atom. The highest BCUT2D eigenvalue weighted by Crippen LogP contribution is 2.48. The maximum Gasteiger partial charge on any atom is 0.410 e. The molecule has 2 aromatic rings. The largest absolute Gasteiger partial charge is 0.444 e. The van der Waals surface area contributed by atoms with Gasteiger partial charge in [0, 0.05) is 35.3 Å². The van der Waals surface area contributed by atoms with Crippen molar-refractivity contribution in [3.63, 3.8) is 0 Å². The Labute approximate surface area is 226 Å². The first-order chi connectivity index (χ1) is 17.1. The minimum absolute atomic E-state index is 0.0207. The first-order valence-corrected chi connectivity index (χ1v) is 13.3. The molecule has 2 N–H and O–H groups in total. The van der Waals surface area contributed by atoms with Gasteiger partial charge in [-0.1, -0.05) is 12.1 Å². The number of benzene rings is 2. The number of nitrogens with zero attached hydrogens (tertiary/aromatic N) is 3. The number of rotatable bonds is 3. The Kier molecular flexibility index (Phi) is 6.82. The van der Waals surface area contributed by atoms with Crippen LogP contribution in [0.3, 0.4) is 0 Å². The molecule has 3 amide bonds. The number of halogens is 1. The molecule has 0 aromatic heterocycles. The average Bonchev–Trinajstić information content (AvgIpc) is 2.98. The normalized spacial score (nSPS) is 21.2. The summed E-state index contributed by atoms with van der Waals surface area (Å²) in [5, 5.41) is 0. The van der Waals surface area contributed by atoms with Crippen molar-refractivity contribution >= 4 is 50.9 Å². The summed E-state index contributed by atoms with van der Waals surface area (Å²) < 4.78 is 6.15. The van der Waals surface area contributed by atoms with Gasteiger partial charge in [-0.05, 0) is 94.2 Å². The van der Waals surface area contributed by atoms with Crippen molar-refractivity contribution < 1.29 is 19.1 Å². The monoisotopic (exact) mass is 570 g/mol. The minimum atomic E-state index is -0.778. The zero-order chi connectivity index (χ0) is 27.4. The number of ether oxygens (including phenoxy) is 1. The maximum atomic E-state index is 13.7. The molecule has 0 spiro atoms. The summed E-state index contributed by atoms with van der Waals surface area (Å²) in [6, 6.07) is 11.2. The van der Waals surface area contributed by atoms with Crippen molar-refractivity contribution in [2.24, 2.45) is 5.73 Å². The Bertz CT molecular complexity index is 1270. The predicted molar refractivity (Wildman–Crippen MR) is 148 cm³/mol.